The van der Waals surface area contributed by atoms with Crippen LogP contribution in [-0.2, 0) is 0 Å². The molecule has 36 heavy (non-hydrogen) atoms. The van der Waals surface area contributed by atoms with Crippen LogP contribution in [0.25, 0.3) is 55.5 Å². The third-order valence-electron chi connectivity index (χ3n) is 6.91. The Bertz CT molecular complexity index is 1910. The molecule has 5 heteroatoms. The molecule has 0 atom stereocenters. The smallest absolute Gasteiger partial charge is 0.138 e. The molecule has 0 aliphatic carbocycles. The minimum absolute atomic E-state index is 0.673. The van der Waals surface area contributed by atoms with Crippen LogP contribution in [0, 0.1) is 0 Å². The molecule has 0 amide bonds. The number of anilines is 2. The molecule has 0 aliphatic heterocycles. The van der Waals surface area contributed by atoms with E-state index in [0.717, 1.165) is 55.5 Å². The zero-order chi connectivity index (χ0) is 24.2. The van der Waals surface area contributed by atoms with Gasteiger partial charge >= 0.3 is 0 Å². The largest absolute Gasteiger partial charge is 0.396 e. The molecule has 3 aromatic heterocycles. The van der Waals surface area contributed by atoms with Crippen LogP contribution in [0.4, 0.5) is 11.4 Å². The molecule has 172 valence electrons. The fourth-order valence-corrected chi connectivity index (χ4v) is 5.27. The van der Waals surface area contributed by atoms with Crippen molar-refractivity contribution in [2.24, 2.45) is 0 Å². The summed E-state index contributed by atoms with van der Waals surface area (Å²) < 4.78 is 4.34. The SMILES string of the molecule is Nc1c(-c2c(N)c3ccccc3n2-c2cc3ccccc3cn2)n(-c2ccccc2)c2ccccc12. The lowest BCUT2D eigenvalue weighted by atomic mass is 10.1. The minimum atomic E-state index is 0.673. The van der Waals surface area contributed by atoms with E-state index in [1.54, 1.807) is 0 Å². The Morgan fingerprint density at radius 3 is 1.75 bits per heavy atom. The highest BCUT2D eigenvalue weighted by molar-refractivity contribution is 6.09. The van der Waals surface area contributed by atoms with Crippen LogP contribution in [0.1, 0.15) is 0 Å². The molecule has 4 N–H and O–H groups in total. The van der Waals surface area contributed by atoms with E-state index in [1.807, 2.05) is 60.8 Å². The van der Waals surface area contributed by atoms with Crippen LogP contribution in [0.3, 0.4) is 0 Å². The fraction of sp³-hybridized carbons (Fsp3) is 0. The van der Waals surface area contributed by atoms with Gasteiger partial charge in [0.2, 0.25) is 0 Å². The van der Waals surface area contributed by atoms with Crippen LogP contribution in [0.15, 0.2) is 115 Å². The summed E-state index contributed by atoms with van der Waals surface area (Å²) >= 11 is 0. The number of nitrogens with zero attached hydrogens (tertiary/aromatic N) is 3. The second kappa shape index (κ2) is 7.75. The number of nitrogen functional groups attached to an aromatic ring is 2. The normalized spacial score (nSPS) is 11.6. The molecule has 0 fully saturated rings. The van der Waals surface area contributed by atoms with Gasteiger partial charge in [-0.15, -0.1) is 0 Å². The average Bonchev–Trinajstić information content (AvgIpc) is 3.39. The van der Waals surface area contributed by atoms with Gasteiger partial charge in [-0.2, -0.15) is 0 Å². The van der Waals surface area contributed by atoms with Crippen molar-refractivity contribution in [2.45, 2.75) is 0 Å². The topological polar surface area (TPSA) is 74.8 Å². The van der Waals surface area contributed by atoms with Crippen LogP contribution >= 0.6 is 0 Å². The summed E-state index contributed by atoms with van der Waals surface area (Å²) in [6.07, 6.45) is 1.91. The van der Waals surface area contributed by atoms with Crippen molar-refractivity contribution in [3.05, 3.63) is 115 Å². The van der Waals surface area contributed by atoms with Gasteiger partial charge < -0.3 is 16.0 Å². The van der Waals surface area contributed by atoms with E-state index in [-0.39, 0.29) is 0 Å². The van der Waals surface area contributed by atoms with E-state index in [9.17, 15) is 0 Å². The molecule has 0 radical (unpaired) electrons. The summed E-state index contributed by atoms with van der Waals surface area (Å²) in [4.78, 5) is 4.87. The first-order chi connectivity index (χ1) is 17.7. The summed E-state index contributed by atoms with van der Waals surface area (Å²) in [6, 6.07) is 37.0. The van der Waals surface area contributed by atoms with Gasteiger partial charge in [0, 0.05) is 28.0 Å². The number of nitrogens with two attached hydrogens (primary N) is 2. The lowest BCUT2D eigenvalue weighted by molar-refractivity contribution is 1.03. The predicted octanol–water partition coefficient (Wildman–Crippen LogP) is 6.95. The summed E-state index contributed by atoms with van der Waals surface area (Å²) in [5.74, 6) is 0.792. The number of aromatic nitrogens is 3. The highest BCUT2D eigenvalue weighted by Gasteiger charge is 2.26. The van der Waals surface area contributed by atoms with Gasteiger partial charge in [-0.1, -0.05) is 78.9 Å². The van der Waals surface area contributed by atoms with Gasteiger partial charge in [0.1, 0.15) is 5.82 Å². The van der Waals surface area contributed by atoms with Crippen LogP contribution in [0.2, 0.25) is 0 Å². The van der Waals surface area contributed by atoms with E-state index in [1.165, 1.54) is 0 Å². The number of para-hydroxylation sites is 3. The molecule has 0 saturated heterocycles. The van der Waals surface area contributed by atoms with Crippen LogP contribution in [0.5, 0.6) is 0 Å². The third-order valence-corrected chi connectivity index (χ3v) is 6.91. The van der Waals surface area contributed by atoms with Crippen LogP contribution < -0.4 is 11.5 Å². The maximum absolute atomic E-state index is 6.94. The summed E-state index contributed by atoms with van der Waals surface area (Å²) in [5.41, 5.74) is 19.9. The minimum Gasteiger partial charge on any atom is -0.396 e. The van der Waals surface area contributed by atoms with Gasteiger partial charge in [-0.05, 0) is 35.7 Å². The maximum Gasteiger partial charge on any atom is 0.138 e. The van der Waals surface area contributed by atoms with Crippen molar-refractivity contribution in [2.75, 3.05) is 11.5 Å². The van der Waals surface area contributed by atoms with Gasteiger partial charge in [-0.25, -0.2) is 4.98 Å². The predicted molar refractivity (Wildman–Crippen MR) is 150 cm³/mol. The Morgan fingerprint density at radius 1 is 0.528 bits per heavy atom. The maximum atomic E-state index is 6.94. The molecule has 7 rings (SSSR count). The first-order valence-electron chi connectivity index (χ1n) is 11.9. The molecular formula is C31H23N5. The lowest BCUT2D eigenvalue weighted by Crippen LogP contribution is -2.06. The first kappa shape index (κ1) is 20.4. The molecule has 5 nitrogen and oxygen atoms in total. The lowest BCUT2D eigenvalue weighted by Gasteiger charge is -2.16. The fourth-order valence-electron chi connectivity index (χ4n) is 5.27. The molecule has 0 unspecified atom stereocenters. The average molecular weight is 466 g/mol. The highest BCUT2D eigenvalue weighted by atomic mass is 15.1. The number of hydrogen-bond donors (Lipinski definition) is 2. The summed E-state index contributed by atoms with van der Waals surface area (Å²) in [7, 11) is 0. The third kappa shape index (κ3) is 2.86. The molecular weight excluding hydrogens is 442 g/mol. The van der Waals surface area contributed by atoms with Crippen molar-refractivity contribution >= 4 is 44.0 Å². The van der Waals surface area contributed by atoms with Crippen molar-refractivity contribution in [3.8, 4) is 22.9 Å². The Labute approximate surface area is 207 Å². The number of pyridine rings is 1. The van der Waals surface area contributed by atoms with Crippen molar-refractivity contribution in [1.29, 1.82) is 0 Å². The number of hydrogen-bond acceptors (Lipinski definition) is 3. The van der Waals surface area contributed by atoms with Crippen molar-refractivity contribution in [1.82, 2.24) is 14.1 Å². The quantitative estimate of drug-likeness (QED) is 0.296. The molecule has 0 spiro atoms. The molecule has 0 saturated carbocycles. The van der Waals surface area contributed by atoms with Gasteiger partial charge in [0.15, 0.2) is 0 Å². The van der Waals surface area contributed by atoms with E-state index >= 15 is 0 Å². The monoisotopic (exact) mass is 465 g/mol. The molecule has 3 heterocycles. The van der Waals surface area contributed by atoms with E-state index < -0.39 is 0 Å². The second-order valence-electron chi connectivity index (χ2n) is 8.95. The Hall–Kier alpha value is -5.03. The van der Waals surface area contributed by atoms with E-state index in [0.29, 0.717) is 11.4 Å². The van der Waals surface area contributed by atoms with E-state index in [2.05, 4.69) is 63.7 Å². The first-order valence-corrected chi connectivity index (χ1v) is 11.9. The molecule has 0 bridgehead atoms. The van der Waals surface area contributed by atoms with Crippen molar-refractivity contribution in [3.63, 3.8) is 0 Å². The Morgan fingerprint density at radius 2 is 1.06 bits per heavy atom. The molecule has 0 aliphatic rings. The Balaban J connectivity index is 1.65. The molecule has 4 aromatic carbocycles. The highest BCUT2D eigenvalue weighted by Crippen LogP contribution is 2.45. The van der Waals surface area contributed by atoms with Crippen LogP contribution in [-0.4, -0.2) is 14.1 Å². The van der Waals surface area contributed by atoms with Gasteiger partial charge in [0.25, 0.3) is 0 Å². The molecule has 7 aromatic rings. The zero-order valence-corrected chi connectivity index (χ0v) is 19.5. The standard InChI is InChI=1S/C31H23N5/c32-28-23-14-6-8-16-25(23)35(22-12-2-1-3-13-22)30(28)31-29(33)24-15-7-9-17-26(24)36(31)27-18-20-10-4-5-11-21(20)19-34-27/h1-19H,32-33H2. The Kier molecular flexibility index (Phi) is 4.38. The summed E-state index contributed by atoms with van der Waals surface area (Å²) in [5, 5.41) is 4.15. The second-order valence-corrected chi connectivity index (χ2v) is 8.95. The van der Waals surface area contributed by atoms with Gasteiger partial charge in [0.05, 0.1) is 33.8 Å². The zero-order valence-electron chi connectivity index (χ0n) is 19.5. The summed E-state index contributed by atoms with van der Waals surface area (Å²) in [6.45, 7) is 0. The van der Waals surface area contributed by atoms with Gasteiger partial charge in [-0.3, -0.25) is 4.57 Å². The van der Waals surface area contributed by atoms with E-state index in [4.69, 9.17) is 16.5 Å². The number of fused-ring (bicyclic) bond motifs is 3. The number of benzene rings is 4. The van der Waals surface area contributed by atoms with Crippen molar-refractivity contribution < 1.29 is 0 Å². The number of rotatable bonds is 3.